The van der Waals surface area contributed by atoms with E-state index in [2.05, 4.69) is 10.3 Å². The average molecular weight is 309 g/mol. The molecule has 0 aliphatic rings. The molecule has 1 amide bonds. The van der Waals surface area contributed by atoms with Gasteiger partial charge in [0.25, 0.3) is 11.5 Å². The Morgan fingerprint density at radius 2 is 2.14 bits per heavy atom. The van der Waals surface area contributed by atoms with E-state index in [4.69, 9.17) is 5.11 Å². The number of aliphatic carboxylic acids is 1. The van der Waals surface area contributed by atoms with Gasteiger partial charge in [-0.15, -0.1) is 11.3 Å². The van der Waals surface area contributed by atoms with Crippen molar-refractivity contribution in [3.63, 3.8) is 0 Å². The first-order valence-corrected chi connectivity index (χ1v) is 7.42. The van der Waals surface area contributed by atoms with E-state index in [1.165, 1.54) is 21.9 Å². The highest BCUT2D eigenvalue weighted by atomic mass is 32.1. The highest BCUT2D eigenvalue weighted by Crippen LogP contribution is 2.05. The molecule has 2 aromatic heterocycles. The van der Waals surface area contributed by atoms with E-state index in [1.807, 2.05) is 0 Å². The SMILES string of the molecule is O=C(O)CCCCCNC(=O)c1cnc2sccn2c1=O. The molecule has 112 valence electrons. The van der Waals surface area contributed by atoms with E-state index in [-0.39, 0.29) is 17.5 Å². The van der Waals surface area contributed by atoms with Crippen LogP contribution in [0.3, 0.4) is 0 Å². The minimum absolute atomic E-state index is 0.0106. The molecule has 0 aliphatic heterocycles. The number of hydrogen-bond acceptors (Lipinski definition) is 5. The molecule has 0 fully saturated rings. The van der Waals surface area contributed by atoms with Crippen LogP contribution in [0.15, 0.2) is 22.6 Å². The van der Waals surface area contributed by atoms with E-state index in [9.17, 15) is 14.4 Å². The fraction of sp³-hybridized carbons (Fsp3) is 0.385. The number of carbonyl (C=O) groups excluding carboxylic acids is 1. The Morgan fingerprint density at radius 3 is 2.90 bits per heavy atom. The first-order valence-electron chi connectivity index (χ1n) is 6.54. The molecule has 2 aromatic rings. The molecule has 7 nitrogen and oxygen atoms in total. The molecular weight excluding hydrogens is 294 g/mol. The first-order chi connectivity index (χ1) is 10.1. The van der Waals surface area contributed by atoms with E-state index in [0.717, 1.165) is 0 Å². The van der Waals surface area contributed by atoms with Crippen molar-refractivity contribution >= 4 is 28.2 Å². The average Bonchev–Trinajstić information content (AvgIpc) is 2.92. The van der Waals surface area contributed by atoms with Crippen molar-refractivity contribution in [3.8, 4) is 0 Å². The number of carboxylic acids is 1. The third-order valence-electron chi connectivity index (χ3n) is 2.94. The zero-order valence-electron chi connectivity index (χ0n) is 11.2. The summed E-state index contributed by atoms with van der Waals surface area (Å²) in [6.45, 7) is 0.407. The molecule has 0 aromatic carbocycles. The smallest absolute Gasteiger partial charge is 0.303 e. The van der Waals surface area contributed by atoms with Gasteiger partial charge in [-0.1, -0.05) is 6.42 Å². The van der Waals surface area contributed by atoms with E-state index < -0.39 is 11.9 Å². The number of rotatable bonds is 7. The number of aromatic nitrogens is 2. The maximum absolute atomic E-state index is 12.0. The number of unbranched alkanes of at least 4 members (excludes halogenated alkanes) is 2. The van der Waals surface area contributed by atoms with Crippen LogP contribution in [0.4, 0.5) is 0 Å². The molecule has 8 heteroatoms. The standard InChI is InChI=1S/C13H15N3O4S/c17-10(18)4-2-1-3-5-14-11(19)9-8-15-13-16(12(9)20)6-7-21-13/h6-8H,1-5H2,(H,14,19)(H,17,18). The van der Waals surface area contributed by atoms with Crippen molar-refractivity contribution in [2.45, 2.75) is 25.7 Å². The van der Waals surface area contributed by atoms with Crippen molar-refractivity contribution in [1.82, 2.24) is 14.7 Å². The molecule has 0 unspecified atom stereocenters. The summed E-state index contributed by atoms with van der Waals surface area (Å²) in [5, 5.41) is 12.9. The number of fused-ring (bicyclic) bond motifs is 1. The van der Waals surface area contributed by atoms with Gasteiger partial charge in [0.05, 0.1) is 0 Å². The van der Waals surface area contributed by atoms with Crippen LogP contribution in [0, 0.1) is 0 Å². The first kappa shape index (κ1) is 15.2. The van der Waals surface area contributed by atoms with Gasteiger partial charge in [-0.25, -0.2) is 4.98 Å². The lowest BCUT2D eigenvalue weighted by molar-refractivity contribution is -0.137. The summed E-state index contributed by atoms with van der Waals surface area (Å²) in [6, 6.07) is 0. The van der Waals surface area contributed by atoms with Gasteiger partial charge >= 0.3 is 5.97 Å². The topological polar surface area (TPSA) is 101 Å². The van der Waals surface area contributed by atoms with Crippen LogP contribution in [0.1, 0.15) is 36.0 Å². The Labute approximate surface area is 124 Å². The lowest BCUT2D eigenvalue weighted by Gasteiger charge is -2.04. The van der Waals surface area contributed by atoms with E-state index >= 15 is 0 Å². The Balaban J connectivity index is 1.86. The van der Waals surface area contributed by atoms with Gasteiger partial charge in [-0.05, 0) is 12.8 Å². The van der Waals surface area contributed by atoms with Crippen LogP contribution in [0.5, 0.6) is 0 Å². The Kier molecular flexibility index (Phi) is 5.04. The number of carboxylic acid groups (broad SMARTS) is 1. The molecule has 0 saturated carbocycles. The van der Waals surface area contributed by atoms with Crippen molar-refractivity contribution in [1.29, 1.82) is 0 Å². The Bertz CT molecular complexity index is 707. The summed E-state index contributed by atoms with van der Waals surface area (Å²) in [6.07, 6.45) is 4.97. The molecule has 21 heavy (non-hydrogen) atoms. The molecule has 2 heterocycles. The van der Waals surface area contributed by atoms with Crippen LogP contribution in [-0.2, 0) is 4.79 Å². The van der Waals surface area contributed by atoms with Crippen molar-refractivity contribution in [3.05, 3.63) is 33.7 Å². The van der Waals surface area contributed by atoms with E-state index in [0.29, 0.717) is 30.8 Å². The van der Waals surface area contributed by atoms with Gasteiger partial charge < -0.3 is 10.4 Å². The fourth-order valence-electron chi connectivity index (χ4n) is 1.86. The van der Waals surface area contributed by atoms with Crippen LogP contribution in [0.25, 0.3) is 4.96 Å². The van der Waals surface area contributed by atoms with Crippen LogP contribution < -0.4 is 10.9 Å². The second kappa shape index (κ2) is 6.98. The maximum atomic E-state index is 12.0. The van der Waals surface area contributed by atoms with Gasteiger partial charge in [0.15, 0.2) is 4.96 Å². The number of thiazole rings is 1. The molecule has 0 spiro atoms. The van der Waals surface area contributed by atoms with Crippen molar-refractivity contribution in [2.24, 2.45) is 0 Å². The molecule has 0 saturated heterocycles. The Hall–Kier alpha value is -2.22. The summed E-state index contributed by atoms with van der Waals surface area (Å²) >= 11 is 1.32. The molecular formula is C13H15N3O4S. The normalized spacial score (nSPS) is 10.7. The molecule has 0 bridgehead atoms. The summed E-state index contributed by atoms with van der Waals surface area (Å²) in [5.74, 6) is -1.27. The number of hydrogen-bond donors (Lipinski definition) is 2. The molecule has 0 aliphatic carbocycles. The number of nitrogens with zero attached hydrogens (tertiary/aromatic N) is 2. The second-order valence-electron chi connectivity index (χ2n) is 4.49. The lowest BCUT2D eigenvalue weighted by Crippen LogP contribution is -2.31. The highest BCUT2D eigenvalue weighted by Gasteiger charge is 2.13. The number of nitrogens with one attached hydrogen (secondary N) is 1. The van der Waals surface area contributed by atoms with Gasteiger partial charge in [0, 0.05) is 30.7 Å². The number of carbonyl (C=O) groups is 2. The third-order valence-corrected chi connectivity index (χ3v) is 3.71. The fourth-order valence-corrected chi connectivity index (χ4v) is 2.53. The molecule has 2 N–H and O–H groups in total. The summed E-state index contributed by atoms with van der Waals surface area (Å²) in [5.41, 5.74) is -0.374. The summed E-state index contributed by atoms with van der Waals surface area (Å²) in [4.78, 5) is 38.9. The Morgan fingerprint density at radius 1 is 1.33 bits per heavy atom. The predicted molar refractivity (Wildman–Crippen MR) is 77.8 cm³/mol. The predicted octanol–water partition coefficient (Wildman–Crippen LogP) is 1.13. The largest absolute Gasteiger partial charge is 0.481 e. The van der Waals surface area contributed by atoms with Crippen LogP contribution in [-0.4, -0.2) is 32.9 Å². The highest BCUT2D eigenvalue weighted by molar-refractivity contribution is 7.15. The lowest BCUT2D eigenvalue weighted by atomic mass is 10.2. The third kappa shape index (κ3) is 3.88. The van der Waals surface area contributed by atoms with Crippen LogP contribution >= 0.6 is 11.3 Å². The molecule has 0 radical (unpaired) electrons. The van der Waals surface area contributed by atoms with E-state index in [1.54, 1.807) is 11.6 Å². The zero-order chi connectivity index (χ0) is 15.2. The van der Waals surface area contributed by atoms with Crippen molar-refractivity contribution < 1.29 is 14.7 Å². The van der Waals surface area contributed by atoms with Gasteiger partial charge in [-0.2, -0.15) is 0 Å². The minimum Gasteiger partial charge on any atom is -0.481 e. The van der Waals surface area contributed by atoms with Crippen LogP contribution in [0.2, 0.25) is 0 Å². The summed E-state index contributed by atoms with van der Waals surface area (Å²) in [7, 11) is 0. The maximum Gasteiger partial charge on any atom is 0.303 e. The van der Waals surface area contributed by atoms with Crippen molar-refractivity contribution in [2.75, 3.05) is 6.54 Å². The monoisotopic (exact) mass is 309 g/mol. The van der Waals surface area contributed by atoms with Gasteiger partial charge in [0.2, 0.25) is 0 Å². The minimum atomic E-state index is -0.817. The molecule has 0 atom stereocenters. The number of amides is 1. The zero-order valence-corrected chi connectivity index (χ0v) is 12.1. The van der Waals surface area contributed by atoms with Gasteiger partial charge in [0.1, 0.15) is 5.56 Å². The molecule has 2 rings (SSSR count). The second-order valence-corrected chi connectivity index (χ2v) is 5.37. The quantitative estimate of drug-likeness (QED) is 0.747. The summed E-state index contributed by atoms with van der Waals surface area (Å²) < 4.78 is 1.34. The van der Waals surface area contributed by atoms with Gasteiger partial charge in [-0.3, -0.25) is 18.8 Å².